The van der Waals surface area contributed by atoms with Crippen molar-refractivity contribution in [3.63, 3.8) is 0 Å². The lowest BCUT2D eigenvalue weighted by Crippen LogP contribution is -2.20. The summed E-state index contributed by atoms with van der Waals surface area (Å²) < 4.78 is 85.4. The van der Waals surface area contributed by atoms with E-state index >= 15 is 0 Å². The Hall–Kier alpha value is -2.69. The molecule has 0 heterocycles. The fourth-order valence-electron chi connectivity index (χ4n) is 2.34. The zero-order valence-electron chi connectivity index (χ0n) is 13.3. The van der Waals surface area contributed by atoms with Gasteiger partial charge in [-0.05, 0) is 30.2 Å². The van der Waals surface area contributed by atoms with Gasteiger partial charge in [-0.25, -0.2) is 13.2 Å². The molecule has 138 valence electrons. The van der Waals surface area contributed by atoms with E-state index in [0.717, 1.165) is 24.3 Å². The molecule has 2 nitrogen and oxygen atoms in total. The van der Waals surface area contributed by atoms with Crippen LogP contribution in [0.5, 0.6) is 5.75 Å². The maximum Gasteiger partial charge on any atom is 0.412 e. The molecule has 0 bridgehead atoms. The minimum absolute atomic E-state index is 0.0915. The van der Waals surface area contributed by atoms with Gasteiger partial charge in [-0.1, -0.05) is 12.7 Å². The number of benzene rings is 1. The Morgan fingerprint density at radius 3 is 2.46 bits per heavy atom. The molecule has 1 aromatic carbocycles. The van der Waals surface area contributed by atoms with Crippen molar-refractivity contribution in [2.75, 3.05) is 0 Å². The molecule has 0 aliphatic heterocycles. The number of hydrogen-bond acceptors (Lipinski definition) is 2. The molecular formula is C18H13F6NO. The number of halogens is 6. The van der Waals surface area contributed by atoms with Crippen LogP contribution in [0.3, 0.4) is 0 Å². The first-order chi connectivity index (χ1) is 12.0. The summed E-state index contributed by atoms with van der Waals surface area (Å²) >= 11 is 0. The van der Waals surface area contributed by atoms with E-state index in [2.05, 4.69) is 6.58 Å². The summed E-state index contributed by atoms with van der Waals surface area (Å²) in [5, 5.41) is 8.82. The van der Waals surface area contributed by atoms with E-state index in [1.54, 1.807) is 6.07 Å². The summed E-state index contributed by atoms with van der Waals surface area (Å²) in [5.41, 5.74) is -1.46. The first kappa shape index (κ1) is 19.6. The van der Waals surface area contributed by atoms with Gasteiger partial charge in [-0.15, -0.1) is 0 Å². The van der Waals surface area contributed by atoms with Gasteiger partial charge < -0.3 is 4.74 Å². The molecule has 8 heteroatoms. The molecule has 0 fully saturated rings. The van der Waals surface area contributed by atoms with Crippen LogP contribution in [0.25, 0.3) is 0 Å². The second kappa shape index (κ2) is 7.28. The summed E-state index contributed by atoms with van der Waals surface area (Å²) in [4.78, 5) is 0. The minimum Gasteiger partial charge on any atom is -0.457 e. The fraction of sp³-hybridized carbons (Fsp3) is 0.278. The third kappa shape index (κ3) is 5.15. The topological polar surface area (TPSA) is 33.0 Å². The number of rotatable bonds is 2. The van der Waals surface area contributed by atoms with Gasteiger partial charge in [0, 0.05) is 24.5 Å². The Kier molecular flexibility index (Phi) is 5.50. The maximum absolute atomic E-state index is 13.9. The first-order valence-electron chi connectivity index (χ1n) is 7.43. The lowest BCUT2D eigenvalue weighted by molar-refractivity contribution is -0.0969. The normalized spacial score (nSPS) is 20.0. The van der Waals surface area contributed by atoms with Gasteiger partial charge in [0.05, 0.1) is 11.6 Å². The van der Waals surface area contributed by atoms with E-state index in [1.165, 1.54) is 0 Å². The molecule has 0 atom stereocenters. The zero-order chi connectivity index (χ0) is 19.5. The monoisotopic (exact) mass is 373 g/mol. The van der Waals surface area contributed by atoms with Crippen molar-refractivity contribution in [3.05, 3.63) is 65.2 Å². The summed E-state index contributed by atoms with van der Waals surface area (Å²) in [5.74, 6) is -4.79. The van der Waals surface area contributed by atoms with Gasteiger partial charge in [0.2, 0.25) is 0 Å². The van der Waals surface area contributed by atoms with Crippen molar-refractivity contribution in [2.24, 2.45) is 0 Å². The Labute approximate surface area is 145 Å². The molecule has 1 aliphatic rings. The number of nitriles is 1. The largest absolute Gasteiger partial charge is 0.457 e. The average molecular weight is 373 g/mol. The van der Waals surface area contributed by atoms with Crippen molar-refractivity contribution in [3.8, 4) is 11.8 Å². The molecule has 0 unspecified atom stereocenters. The number of hydrogen-bond donors (Lipinski definition) is 0. The first-order valence-corrected chi connectivity index (χ1v) is 7.43. The van der Waals surface area contributed by atoms with E-state index in [0.29, 0.717) is 6.08 Å². The van der Waals surface area contributed by atoms with Crippen LogP contribution >= 0.6 is 0 Å². The standard InChI is InChI=1S/C18H13F6NO/c1-11-9-17(20,21)5-4-13(18(22,23)24)2-3-16(11)26-15-7-12(10-25)6-14(19)8-15/h2-3,6-8H,1,4-5,9H2/b13-2+,16-3?. The second-order valence-corrected chi connectivity index (χ2v) is 5.75. The molecule has 2 rings (SSSR count). The van der Waals surface area contributed by atoms with E-state index in [9.17, 15) is 26.3 Å². The summed E-state index contributed by atoms with van der Waals surface area (Å²) in [6, 6.07) is 4.63. The van der Waals surface area contributed by atoms with Crippen LogP contribution in [0, 0.1) is 17.1 Å². The predicted molar refractivity (Wildman–Crippen MR) is 81.9 cm³/mol. The highest BCUT2D eigenvalue weighted by atomic mass is 19.4. The van der Waals surface area contributed by atoms with Gasteiger partial charge in [-0.2, -0.15) is 18.4 Å². The maximum atomic E-state index is 13.9. The van der Waals surface area contributed by atoms with E-state index in [1.807, 2.05) is 0 Å². The molecule has 0 N–H and O–H groups in total. The van der Waals surface area contributed by atoms with Gasteiger partial charge >= 0.3 is 6.18 Å². The summed E-state index contributed by atoms with van der Waals surface area (Å²) in [6.07, 6.45) is -5.99. The van der Waals surface area contributed by atoms with Crippen LogP contribution in [0.2, 0.25) is 0 Å². The minimum atomic E-state index is -4.77. The van der Waals surface area contributed by atoms with Crippen molar-refractivity contribution in [2.45, 2.75) is 31.4 Å². The van der Waals surface area contributed by atoms with Gasteiger partial charge in [0.1, 0.15) is 17.3 Å². The van der Waals surface area contributed by atoms with Crippen LogP contribution < -0.4 is 4.74 Å². The van der Waals surface area contributed by atoms with Crippen LogP contribution in [-0.2, 0) is 0 Å². The Morgan fingerprint density at radius 1 is 1.15 bits per heavy atom. The van der Waals surface area contributed by atoms with Crippen molar-refractivity contribution in [1.29, 1.82) is 5.26 Å². The van der Waals surface area contributed by atoms with Gasteiger partial charge in [0.15, 0.2) is 0 Å². The molecule has 0 radical (unpaired) electrons. The molecule has 0 aromatic heterocycles. The lowest BCUT2D eigenvalue weighted by Gasteiger charge is -2.19. The Bertz CT molecular complexity index is 814. The van der Waals surface area contributed by atoms with E-state index in [4.69, 9.17) is 10.00 Å². The van der Waals surface area contributed by atoms with Crippen LogP contribution in [-0.4, -0.2) is 12.1 Å². The van der Waals surface area contributed by atoms with Crippen LogP contribution in [0.1, 0.15) is 24.8 Å². The van der Waals surface area contributed by atoms with Crippen molar-refractivity contribution >= 4 is 0 Å². The predicted octanol–water partition coefficient (Wildman–Crippen LogP) is 5.82. The second-order valence-electron chi connectivity index (χ2n) is 5.75. The summed E-state index contributed by atoms with van der Waals surface area (Å²) in [6.45, 7) is 3.44. The molecule has 0 saturated heterocycles. The molecular weight excluding hydrogens is 360 g/mol. The molecule has 0 saturated carbocycles. The fourth-order valence-corrected chi connectivity index (χ4v) is 2.34. The number of alkyl halides is 5. The third-order valence-electron chi connectivity index (χ3n) is 3.61. The van der Waals surface area contributed by atoms with Gasteiger partial charge in [0.25, 0.3) is 5.92 Å². The summed E-state index contributed by atoms with van der Waals surface area (Å²) in [7, 11) is 0. The SMILES string of the molecule is C=C1CC(F)(F)CC/C(C(F)(F)F)=C\C=C1Oc1cc(F)cc(C#N)c1. The highest BCUT2D eigenvalue weighted by Crippen LogP contribution is 2.38. The highest BCUT2D eigenvalue weighted by molar-refractivity contribution is 5.40. The smallest absolute Gasteiger partial charge is 0.412 e. The van der Waals surface area contributed by atoms with Crippen LogP contribution in [0.15, 0.2) is 53.8 Å². The number of ether oxygens (including phenoxy) is 1. The zero-order valence-corrected chi connectivity index (χ0v) is 13.3. The molecule has 1 aromatic rings. The van der Waals surface area contributed by atoms with Gasteiger partial charge in [-0.3, -0.25) is 0 Å². The van der Waals surface area contributed by atoms with E-state index in [-0.39, 0.29) is 22.6 Å². The molecule has 0 amide bonds. The Balaban J connectivity index is 2.44. The quantitative estimate of drug-likeness (QED) is 0.612. The van der Waals surface area contributed by atoms with Crippen molar-refractivity contribution in [1.82, 2.24) is 0 Å². The van der Waals surface area contributed by atoms with Crippen molar-refractivity contribution < 1.29 is 31.1 Å². The average Bonchev–Trinajstić information content (AvgIpc) is 2.55. The number of allylic oxidation sites excluding steroid dienone is 4. The molecule has 0 spiro atoms. The third-order valence-corrected chi connectivity index (χ3v) is 3.61. The molecule has 1 aliphatic carbocycles. The molecule has 26 heavy (non-hydrogen) atoms. The van der Waals surface area contributed by atoms with Crippen LogP contribution in [0.4, 0.5) is 26.3 Å². The van der Waals surface area contributed by atoms with E-state index < -0.39 is 42.8 Å². The lowest BCUT2D eigenvalue weighted by atomic mass is 10.0. The highest BCUT2D eigenvalue weighted by Gasteiger charge is 2.38. The Morgan fingerprint density at radius 2 is 1.85 bits per heavy atom. The number of nitrogens with zero attached hydrogens (tertiary/aromatic N) is 1.